The highest BCUT2D eigenvalue weighted by molar-refractivity contribution is 5.76. The van der Waals surface area contributed by atoms with Gasteiger partial charge in [0.25, 0.3) is 0 Å². The van der Waals surface area contributed by atoms with Crippen molar-refractivity contribution in [2.24, 2.45) is 10.8 Å². The van der Waals surface area contributed by atoms with Crippen molar-refractivity contribution in [3.8, 4) is 6.07 Å². The zero-order valence-electron chi connectivity index (χ0n) is 11.6. The molecule has 0 aromatic carbocycles. The van der Waals surface area contributed by atoms with Crippen molar-refractivity contribution in [3.63, 3.8) is 0 Å². The molecule has 20 heavy (non-hydrogen) atoms. The maximum Gasteiger partial charge on any atom is 0.406 e. The highest BCUT2D eigenvalue weighted by Crippen LogP contribution is 2.45. The van der Waals surface area contributed by atoms with Gasteiger partial charge in [0.2, 0.25) is 0 Å². The fourth-order valence-corrected chi connectivity index (χ4v) is 2.41. The summed E-state index contributed by atoms with van der Waals surface area (Å²) in [6.45, 7) is 3.55. The Bertz CT molecular complexity index is 415. The maximum atomic E-state index is 13.0. The Hall–Kier alpha value is -1.29. The van der Waals surface area contributed by atoms with Crippen LogP contribution in [0.4, 0.5) is 13.2 Å². The lowest BCUT2D eigenvalue weighted by atomic mass is 9.86. The number of alkyl halides is 3. The first-order valence-corrected chi connectivity index (χ1v) is 6.48. The first-order chi connectivity index (χ1) is 9.04. The largest absolute Gasteiger partial charge is 0.481 e. The van der Waals surface area contributed by atoms with E-state index in [0.29, 0.717) is 19.4 Å². The molecule has 114 valence electrons. The van der Waals surface area contributed by atoms with Crippen molar-refractivity contribution >= 4 is 5.97 Å². The molecule has 0 saturated carbocycles. The number of nitrogens with zero attached hydrogens (tertiary/aromatic N) is 2. The van der Waals surface area contributed by atoms with Gasteiger partial charge >= 0.3 is 12.1 Å². The highest BCUT2D eigenvalue weighted by atomic mass is 19.4. The van der Waals surface area contributed by atoms with Crippen LogP contribution in [0.15, 0.2) is 0 Å². The number of likely N-dealkylation sites (tertiary alicyclic amines) is 1. The van der Waals surface area contributed by atoms with Crippen LogP contribution in [0.3, 0.4) is 0 Å². The summed E-state index contributed by atoms with van der Waals surface area (Å²) in [5, 5.41) is 17.8. The number of hydrogen-bond donors (Lipinski definition) is 1. The molecule has 0 spiro atoms. The average Bonchev–Trinajstić information content (AvgIpc) is 2.74. The summed E-state index contributed by atoms with van der Waals surface area (Å²) in [4.78, 5) is 12.5. The Balaban J connectivity index is 2.59. The standard InChI is InChI=1S/C13H19F3N2O2/c1-11(2,8-17)4-3-6-18-7-5-12(9-18,10(19)20)13(14,15)16/h3-7,9H2,1-2H3,(H,19,20). The van der Waals surface area contributed by atoms with Crippen LogP contribution in [0, 0.1) is 22.2 Å². The molecule has 1 aliphatic heterocycles. The number of carboxylic acid groups (broad SMARTS) is 1. The van der Waals surface area contributed by atoms with Gasteiger partial charge in [-0.2, -0.15) is 18.4 Å². The molecule has 1 saturated heterocycles. The molecule has 4 nitrogen and oxygen atoms in total. The van der Waals surface area contributed by atoms with Crippen molar-refractivity contribution < 1.29 is 23.1 Å². The number of aliphatic carboxylic acids is 1. The van der Waals surface area contributed by atoms with E-state index in [1.165, 1.54) is 4.90 Å². The van der Waals surface area contributed by atoms with E-state index in [-0.39, 0.29) is 6.54 Å². The first-order valence-electron chi connectivity index (χ1n) is 6.48. The second-order valence-electron chi connectivity index (χ2n) is 6.01. The van der Waals surface area contributed by atoms with Crippen LogP contribution in [-0.2, 0) is 4.79 Å². The second-order valence-corrected chi connectivity index (χ2v) is 6.01. The van der Waals surface area contributed by atoms with E-state index in [1.54, 1.807) is 13.8 Å². The van der Waals surface area contributed by atoms with E-state index in [0.717, 1.165) is 0 Å². The zero-order valence-corrected chi connectivity index (χ0v) is 11.6. The average molecular weight is 292 g/mol. The van der Waals surface area contributed by atoms with E-state index >= 15 is 0 Å². The molecule has 1 rings (SSSR count). The molecule has 0 radical (unpaired) electrons. The van der Waals surface area contributed by atoms with E-state index in [9.17, 15) is 18.0 Å². The quantitative estimate of drug-likeness (QED) is 0.846. The summed E-state index contributed by atoms with van der Waals surface area (Å²) in [7, 11) is 0. The molecule has 0 bridgehead atoms. The molecule has 0 amide bonds. The molecular weight excluding hydrogens is 273 g/mol. The molecule has 1 atom stereocenters. The van der Waals surface area contributed by atoms with Crippen molar-refractivity contribution in [3.05, 3.63) is 0 Å². The normalized spacial score (nSPS) is 24.6. The SMILES string of the molecule is CC(C)(C#N)CCCN1CCC(C(=O)O)(C(F)(F)F)C1. The van der Waals surface area contributed by atoms with E-state index in [2.05, 4.69) is 6.07 Å². The van der Waals surface area contributed by atoms with E-state index in [4.69, 9.17) is 10.4 Å². The minimum Gasteiger partial charge on any atom is -0.481 e. The van der Waals surface area contributed by atoms with Gasteiger partial charge in [-0.15, -0.1) is 0 Å². The van der Waals surface area contributed by atoms with Crippen LogP contribution >= 0.6 is 0 Å². The van der Waals surface area contributed by atoms with Gasteiger partial charge in [0, 0.05) is 6.54 Å². The fraction of sp³-hybridized carbons (Fsp3) is 0.846. The smallest absolute Gasteiger partial charge is 0.406 e. The van der Waals surface area contributed by atoms with Gasteiger partial charge in [-0.25, -0.2) is 0 Å². The van der Waals surface area contributed by atoms with Crippen LogP contribution in [0.5, 0.6) is 0 Å². The predicted octanol–water partition coefficient (Wildman–Crippen LogP) is 2.66. The van der Waals surface area contributed by atoms with Gasteiger partial charge in [-0.05, 0) is 46.2 Å². The lowest BCUT2D eigenvalue weighted by Crippen LogP contribution is -2.47. The minimum atomic E-state index is -4.74. The highest BCUT2D eigenvalue weighted by Gasteiger charge is 2.63. The number of nitriles is 1. The lowest BCUT2D eigenvalue weighted by molar-refractivity contribution is -0.227. The Morgan fingerprint density at radius 2 is 2.05 bits per heavy atom. The summed E-state index contributed by atoms with van der Waals surface area (Å²) in [5.74, 6) is -1.80. The van der Waals surface area contributed by atoms with Gasteiger partial charge in [-0.1, -0.05) is 0 Å². The summed E-state index contributed by atoms with van der Waals surface area (Å²) < 4.78 is 38.9. The summed E-state index contributed by atoms with van der Waals surface area (Å²) in [6.07, 6.45) is -3.99. The third-order valence-electron chi connectivity index (χ3n) is 3.88. The zero-order chi connectivity index (χ0) is 15.6. The number of rotatable bonds is 5. The van der Waals surface area contributed by atoms with Crippen LogP contribution in [0.2, 0.25) is 0 Å². The molecule has 1 unspecified atom stereocenters. The molecule has 1 fully saturated rings. The predicted molar refractivity (Wildman–Crippen MR) is 65.8 cm³/mol. The monoisotopic (exact) mass is 292 g/mol. The number of hydrogen-bond acceptors (Lipinski definition) is 3. The van der Waals surface area contributed by atoms with Gasteiger partial charge in [0.05, 0.1) is 11.5 Å². The van der Waals surface area contributed by atoms with Crippen molar-refractivity contribution in [1.82, 2.24) is 4.90 Å². The summed E-state index contributed by atoms with van der Waals surface area (Å²) >= 11 is 0. The van der Waals surface area contributed by atoms with Gasteiger partial charge in [0.15, 0.2) is 5.41 Å². The van der Waals surface area contributed by atoms with Crippen molar-refractivity contribution in [1.29, 1.82) is 5.26 Å². The van der Waals surface area contributed by atoms with Crippen LogP contribution in [-0.4, -0.2) is 41.8 Å². The lowest BCUT2D eigenvalue weighted by Gasteiger charge is -2.27. The topological polar surface area (TPSA) is 64.3 Å². The molecule has 1 heterocycles. The van der Waals surface area contributed by atoms with Gasteiger partial charge < -0.3 is 10.0 Å². The second kappa shape index (κ2) is 5.60. The minimum absolute atomic E-state index is 0.124. The molecule has 0 aromatic heterocycles. The molecule has 0 aromatic rings. The van der Waals surface area contributed by atoms with Crippen molar-refractivity contribution in [2.45, 2.75) is 39.3 Å². The van der Waals surface area contributed by atoms with Crippen LogP contribution in [0.1, 0.15) is 33.1 Å². The van der Waals surface area contributed by atoms with Crippen LogP contribution < -0.4 is 0 Å². The van der Waals surface area contributed by atoms with Crippen molar-refractivity contribution in [2.75, 3.05) is 19.6 Å². The molecule has 0 aliphatic carbocycles. The Morgan fingerprint density at radius 3 is 2.45 bits per heavy atom. The molecular formula is C13H19F3N2O2. The third kappa shape index (κ3) is 3.42. The Labute approximate surface area is 116 Å². The van der Waals surface area contributed by atoms with Gasteiger partial charge in [0.1, 0.15) is 0 Å². The number of halogens is 3. The first kappa shape index (κ1) is 16.8. The third-order valence-corrected chi connectivity index (χ3v) is 3.88. The van der Waals surface area contributed by atoms with E-state index < -0.39 is 35.9 Å². The summed E-state index contributed by atoms with van der Waals surface area (Å²) in [5.41, 5.74) is -3.15. The van der Waals surface area contributed by atoms with Gasteiger partial charge in [-0.3, -0.25) is 4.79 Å². The fourth-order valence-electron chi connectivity index (χ4n) is 2.41. The molecule has 7 heteroatoms. The maximum absolute atomic E-state index is 13.0. The molecule has 1 aliphatic rings. The van der Waals surface area contributed by atoms with Crippen LogP contribution in [0.25, 0.3) is 0 Å². The summed E-state index contributed by atoms with van der Waals surface area (Å²) in [6, 6.07) is 2.13. The Kier molecular flexibility index (Phi) is 4.70. The molecule has 1 N–H and O–H groups in total. The Morgan fingerprint density at radius 1 is 1.45 bits per heavy atom. The number of carbonyl (C=O) groups is 1. The number of carboxylic acids is 1. The van der Waals surface area contributed by atoms with E-state index in [1.807, 2.05) is 0 Å².